The molecule has 0 fully saturated rings. The summed E-state index contributed by atoms with van der Waals surface area (Å²) in [5.74, 6) is 0.252. The van der Waals surface area contributed by atoms with Gasteiger partial charge in [0.05, 0.1) is 12.0 Å². The first-order valence-corrected chi connectivity index (χ1v) is 7.27. The number of carbonyl (C=O) groups excluding carboxylic acids is 1. The highest BCUT2D eigenvalue weighted by Gasteiger charge is 2.15. The zero-order chi connectivity index (χ0) is 14.3. The average Bonchev–Trinajstić information content (AvgIpc) is 2.44. The molecule has 19 heavy (non-hydrogen) atoms. The van der Waals surface area contributed by atoms with Gasteiger partial charge in [0, 0.05) is 11.4 Å². The van der Waals surface area contributed by atoms with Crippen LogP contribution in [-0.4, -0.2) is 24.8 Å². The van der Waals surface area contributed by atoms with Gasteiger partial charge in [-0.05, 0) is 44.4 Å². The fourth-order valence-corrected chi connectivity index (χ4v) is 1.76. The van der Waals surface area contributed by atoms with E-state index in [2.05, 4.69) is 11.4 Å². The highest BCUT2D eigenvalue weighted by Crippen LogP contribution is 2.19. The lowest BCUT2D eigenvalue weighted by Gasteiger charge is -2.15. The lowest BCUT2D eigenvalue weighted by Crippen LogP contribution is -2.38. The summed E-state index contributed by atoms with van der Waals surface area (Å²) in [5, 5.41) is 11.3. The molecule has 102 valence electrons. The van der Waals surface area contributed by atoms with Crippen LogP contribution in [0.4, 0.5) is 0 Å². The SMILES string of the molecule is CSc1ccc(OC(C)C(=O)NCC(C)C#N)cc1. The molecule has 4 nitrogen and oxygen atoms in total. The molecule has 0 saturated carbocycles. The molecule has 0 bridgehead atoms. The van der Waals surface area contributed by atoms with Crippen molar-refractivity contribution in [1.29, 1.82) is 5.26 Å². The van der Waals surface area contributed by atoms with Crippen molar-refractivity contribution in [3.05, 3.63) is 24.3 Å². The summed E-state index contributed by atoms with van der Waals surface area (Å²) in [4.78, 5) is 12.9. The van der Waals surface area contributed by atoms with E-state index in [0.717, 1.165) is 4.90 Å². The number of thioether (sulfide) groups is 1. The van der Waals surface area contributed by atoms with E-state index in [1.807, 2.05) is 30.5 Å². The van der Waals surface area contributed by atoms with E-state index < -0.39 is 6.10 Å². The molecule has 0 aliphatic heterocycles. The van der Waals surface area contributed by atoms with Gasteiger partial charge in [0.2, 0.25) is 0 Å². The van der Waals surface area contributed by atoms with Gasteiger partial charge in [-0.25, -0.2) is 0 Å². The minimum Gasteiger partial charge on any atom is -0.481 e. The molecule has 2 unspecified atom stereocenters. The molecular formula is C14H18N2O2S. The van der Waals surface area contributed by atoms with Crippen LogP contribution >= 0.6 is 11.8 Å². The number of nitriles is 1. The normalized spacial score (nSPS) is 13.2. The van der Waals surface area contributed by atoms with Crippen molar-refractivity contribution in [2.45, 2.75) is 24.8 Å². The van der Waals surface area contributed by atoms with E-state index in [4.69, 9.17) is 10.00 Å². The van der Waals surface area contributed by atoms with Crippen molar-refractivity contribution < 1.29 is 9.53 Å². The predicted molar refractivity (Wildman–Crippen MR) is 76.1 cm³/mol. The molecular weight excluding hydrogens is 260 g/mol. The Morgan fingerprint density at radius 1 is 1.42 bits per heavy atom. The summed E-state index contributed by atoms with van der Waals surface area (Å²) < 4.78 is 5.54. The smallest absolute Gasteiger partial charge is 0.260 e. The largest absolute Gasteiger partial charge is 0.481 e. The average molecular weight is 278 g/mol. The monoisotopic (exact) mass is 278 g/mol. The second-order valence-corrected chi connectivity index (χ2v) is 5.09. The quantitative estimate of drug-likeness (QED) is 0.812. The molecule has 0 heterocycles. The first-order valence-electron chi connectivity index (χ1n) is 6.05. The zero-order valence-electron chi connectivity index (χ0n) is 11.3. The minimum atomic E-state index is -0.578. The molecule has 0 radical (unpaired) electrons. The number of benzene rings is 1. The molecule has 0 spiro atoms. The zero-order valence-corrected chi connectivity index (χ0v) is 12.2. The van der Waals surface area contributed by atoms with E-state index in [-0.39, 0.29) is 11.8 Å². The first-order chi connectivity index (χ1) is 9.06. The third-order valence-corrected chi connectivity index (χ3v) is 3.29. The van der Waals surface area contributed by atoms with E-state index >= 15 is 0 Å². The Balaban J connectivity index is 2.47. The van der Waals surface area contributed by atoms with Crippen LogP contribution in [0.25, 0.3) is 0 Å². The van der Waals surface area contributed by atoms with Gasteiger partial charge in [0.15, 0.2) is 6.10 Å². The van der Waals surface area contributed by atoms with Gasteiger partial charge in [-0.2, -0.15) is 5.26 Å². The van der Waals surface area contributed by atoms with Crippen LogP contribution in [0.2, 0.25) is 0 Å². The molecule has 1 aromatic rings. The van der Waals surface area contributed by atoms with Crippen molar-refractivity contribution in [2.24, 2.45) is 5.92 Å². The number of carbonyl (C=O) groups is 1. The molecule has 0 saturated heterocycles. The fraction of sp³-hybridized carbons (Fsp3) is 0.429. The van der Waals surface area contributed by atoms with Crippen LogP contribution < -0.4 is 10.1 Å². The van der Waals surface area contributed by atoms with Crippen LogP contribution in [0, 0.1) is 17.2 Å². The fourth-order valence-electron chi connectivity index (χ4n) is 1.35. The van der Waals surface area contributed by atoms with Gasteiger partial charge < -0.3 is 10.1 Å². The second-order valence-electron chi connectivity index (χ2n) is 4.21. The van der Waals surface area contributed by atoms with Crippen molar-refractivity contribution in [3.8, 4) is 11.8 Å². The van der Waals surface area contributed by atoms with Crippen LogP contribution in [0.15, 0.2) is 29.2 Å². The maximum atomic E-state index is 11.7. The Morgan fingerprint density at radius 2 is 2.05 bits per heavy atom. The van der Waals surface area contributed by atoms with E-state index in [9.17, 15) is 4.79 Å². The highest BCUT2D eigenvalue weighted by atomic mass is 32.2. The van der Waals surface area contributed by atoms with Crippen molar-refractivity contribution in [2.75, 3.05) is 12.8 Å². The number of nitrogens with one attached hydrogen (secondary N) is 1. The maximum Gasteiger partial charge on any atom is 0.260 e. The van der Waals surface area contributed by atoms with Crippen LogP contribution in [0.3, 0.4) is 0 Å². The first kappa shape index (κ1) is 15.4. The number of ether oxygens (including phenoxy) is 1. The van der Waals surface area contributed by atoms with E-state index in [1.54, 1.807) is 25.6 Å². The molecule has 1 rings (SSSR count). The maximum absolute atomic E-state index is 11.7. The summed E-state index contributed by atoms with van der Waals surface area (Å²) in [5.41, 5.74) is 0. The Labute approximate surface area is 118 Å². The number of rotatable bonds is 6. The van der Waals surface area contributed by atoms with Gasteiger partial charge >= 0.3 is 0 Å². The van der Waals surface area contributed by atoms with Gasteiger partial charge in [-0.15, -0.1) is 11.8 Å². The van der Waals surface area contributed by atoms with Gasteiger partial charge in [-0.1, -0.05) is 0 Å². The Kier molecular flexibility index (Phi) is 6.23. The minimum absolute atomic E-state index is 0.197. The van der Waals surface area contributed by atoms with Crippen molar-refractivity contribution in [1.82, 2.24) is 5.32 Å². The van der Waals surface area contributed by atoms with Crippen molar-refractivity contribution >= 4 is 17.7 Å². The molecule has 1 amide bonds. The van der Waals surface area contributed by atoms with Gasteiger partial charge in [0.1, 0.15) is 5.75 Å². The third-order valence-electron chi connectivity index (χ3n) is 2.54. The predicted octanol–water partition coefficient (Wildman–Crippen LogP) is 2.45. The summed E-state index contributed by atoms with van der Waals surface area (Å²) in [7, 11) is 0. The highest BCUT2D eigenvalue weighted by molar-refractivity contribution is 7.98. The lowest BCUT2D eigenvalue weighted by atomic mass is 10.2. The number of hydrogen-bond donors (Lipinski definition) is 1. The van der Waals surface area contributed by atoms with Gasteiger partial charge in [-0.3, -0.25) is 4.79 Å². The number of nitrogens with zero attached hydrogens (tertiary/aromatic N) is 1. The van der Waals surface area contributed by atoms with Crippen LogP contribution in [0.1, 0.15) is 13.8 Å². The summed E-state index contributed by atoms with van der Waals surface area (Å²) in [6.07, 6.45) is 1.42. The number of amides is 1. The van der Waals surface area contributed by atoms with E-state index in [0.29, 0.717) is 12.3 Å². The van der Waals surface area contributed by atoms with Crippen LogP contribution in [-0.2, 0) is 4.79 Å². The lowest BCUT2D eigenvalue weighted by molar-refractivity contribution is -0.127. The standard InChI is InChI=1S/C14H18N2O2S/c1-10(8-15)9-16-14(17)11(2)18-12-4-6-13(19-3)7-5-12/h4-7,10-11H,9H2,1-3H3,(H,16,17). The Hall–Kier alpha value is -1.67. The van der Waals surface area contributed by atoms with Crippen LogP contribution in [0.5, 0.6) is 5.75 Å². The molecule has 5 heteroatoms. The van der Waals surface area contributed by atoms with Crippen molar-refractivity contribution in [3.63, 3.8) is 0 Å². The molecule has 1 aromatic carbocycles. The summed E-state index contributed by atoms with van der Waals surface area (Å²) >= 11 is 1.65. The van der Waals surface area contributed by atoms with E-state index in [1.165, 1.54) is 0 Å². The second kappa shape index (κ2) is 7.70. The van der Waals surface area contributed by atoms with Gasteiger partial charge in [0.25, 0.3) is 5.91 Å². The molecule has 1 N–H and O–H groups in total. The molecule has 0 aliphatic rings. The molecule has 2 atom stereocenters. The molecule has 0 aliphatic carbocycles. The Morgan fingerprint density at radius 3 is 2.58 bits per heavy atom. The summed E-state index contributed by atoms with van der Waals surface area (Å²) in [6, 6.07) is 9.64. The number of hydrogen-bond acceptors (Lipinski definition) is 4. The third kappa shape index (κ3) is 5.23. The Bertz CT molecular complexity index is 454. The summed E-state index contributed by atoms with van der Waals surface area (Å²) in [6.45, 7) is 3.79. The molecule has 0 aromatic heterocycles. The topological polar surface area (TPSA) is 62.1 Å².